The number of hydrogen-bond donors (Lipinski definition) is 1. The Labute approximate surface area is 128 Å². The van der Waals surface area contributed by atoms with Gasteiger partial charge in [-0.2, -0.15) is 0 Å². The van der Waals surface area contributed by atoms with Gasteiger partial charge in [-0.05, 0) is 36.6 Å². The summed E-state index contributed by atoms with van der Waals surface area (Å²) in [6.45, 7) is 14.1. The first-order chi connectivity index (χ1) is 9.49. The zero-order valence-corrected chi connectivity index (χ0v) is 14.4. The van der Waals surface area contributed by atoms with Crippen molar-refractivity contribution < 1.29 is 0 Å². The van der Waals surface area contributed by atoms with Gasteiger partial charge in [0.2, 0.25) is 0 Å². The van der Waals surface area contributed by atoms with Crippen LogP contribution >= 0.6 is 11.3 Å². The molecule has 20 heavy (non-hydrogen) atoms. The molecule has 3 unspecified atom stereocenters. The van der Waals surface area contributed by atoms with E-state index in [4.69, 9.17) is 0 Å². The van der Waals surface area contributed by atoms with Crippen LogP contribution in [0.15, 0.2) is 17.5 Å². The molecule has 1 saturated heterocycles. The second-order valence-electron chi connectivity index (χ2n) is 6.90. The van der Waals surface area contributed by atoms with E-state index in [9.17, 15) is 0 Å². The van der Waals surface area contributed by atoms with E-state index < -0.39 is 0 Å². The van der Waals surface area contributed by atoms with Gasteiger partial charge in [0.1, 0.15) is 0 Å². The summed E-state index contributed by atoms with van der Waals surface area (Å²) >= 11 is 1.89. The fraction of sp³-hybridized carbons (Fsp3) is 0.765. The first-order valence-electron chi connectivity index (χ1n) is 8.00. The Hall–Kier alpha value is -0.380. The maximum absolute atomic E-state index is 3.75. The maximum Gasteiger partial charge on any atom is 0.0247 e. The highest BCUT2D eigenvalue weighted by Crippen LogP contribution is 2.23. The van der Waals surface area contributed by atoms with Gasteiger partial charge < -0.3 is 5.32 Å². The molecule has 3 heteroatoms. The van der Waals surface area contributed by atoms with Crippen molar-refractivity contribution in [3.8, 4) is 0 Å². The van der Waals surface area contributed by atoms with E-state index in [1.807, 2.05) is 11.3 Å². The third kappa shape index (κ3) is 3.84. The summed E-state index contributed by atoms with van der Waals surface area (Å²) in [6, 6.07) is 6.37. The summed E-state index contributed by atoms with van der Waals surface area (Å²) in [5, 5.41) is 5.95. The summed E-state index contributed by atoms with van der Waals surface area (Å²) in [5.74, 6) is 1.42. The molecule has 2 rings (SSSR count). The number of nitrogens with one attached hydrogen (secondary N) is 1. The van der Waals surface area contributed by atoms with Gasteiger partial charge in [-0.25, -0.2) is 0 Å². The molecule has 3 atom stereocenters. The molecule has 1 aliphatic heterocycles. The normalized spacial score (nSPS) is 26.4. The van der Waals surface area contributed by atoms with E-state index in [2.05, 4.69) is 62.3 Å². The lowest BCUT2D eigenvalue weighted by molar-refractivity contribution is 0.0521. The van der Waals surface area contributed by atoms with Crippen LogP contribution in [0.1, 0.15) is 39.5 Å². The molecule has 2 nitrogen and oxygen atoms in total. The predicted octanol–water partition coefficient (Wildman–Crippen LogP) is 3.63. The van der Waals surface area contributed by atoms with Gasteiger partial charge in [-0.15, -0.1) is 11.3 Å². The summed E-state index contributed by atoms with van der Waals surface area (Å²) in [4.78, 5) is 4.27. The van der Waals surface area contributed by atoms with Crippen LogP contribution in [0.25, 0.3) is 0 Å². The summed E-state index contributed by atoms with van der Waals surface area (Å²) in [5.41, 5.74) is 0. The highest BCUT2D eigenvalue weighted by Gasteiger charge is 2.33. The lowest BCUT2D eigenvalue weighted by Gasteiger charge is -2.46. The number of rotatable bonds is 5. The Kier molecular flexibility index (Phi) is 5.65. The first kappa shape index (κ1) is 16.0. The number of piperazine rings is 1. The smallest absolute Gasteiger partial charge is 0.0247 e. The molecule has 1 aliphatic rings. The fourth-order valence-corrected chi connectivity index (χ4v) is 4.05. The van der Waals surface area contributed by atoms with Gasteiger partial charge >= 0.3 is 0 Å². The van der Waals surface area contributed by atoms with Crippen molar-refractivity contribution in [1.82, 2.24) is 10.2 Å². The third-order valence-electron chi connectivity index (χ3n) is 4.64. The highest BCUT2D eigenvalue weighted by molar-refractivity contribution is 7.09. The minimum Gasteiger partial charge on any atom is -0.311 e. The Bertz CT molecular complexity index is 386. The van der Waals surface area contributed by atoms with E-state index >= 15 is 0 Å². The van der Waals surface area contributed by atoms with Crippen molar-refractivity contribution in [1.29, 1.82) is 0 Å². The first-order valence-corrected chi connectivity index (χ1v) is 8.88. The largest absolute Gasteiger partial charge is 0.311 e. The van der Waals surface area contributed by atoms with E-state index in [0.29, 0.717) is 30.0 Å². The van der Waals surface area contributed by atoms with Crippen molar-refractivity contribution >= 4 is 11.3 Å². The van der Waals surface area contributed by atoms with Crippen LogP contribution in [0.4, 0.5) is 0 Å². The van der Waals surface area contributed by atoms with E-state index in [1.165, 1.54) is 17.8 Å². The van der Waals surface area contributed by atoms with Crippen LogP contribution < -0.4 is 5.32 Å². The van der Waals surface area contributed by atoms with Gasteiger partial charge in [-0.3, -0.25) is 4.90 Å². The van der Waals surface area contributed by atoms with Crippen LogP contribution in [0.3, 0.4) is 0 Å². The molecule has 1 fully saturated rings. The molecule has 0 spiro atoms. The van der Waals surface area contributed by atoms with Crippen LogP contribution in [0, 0.1) is 11.8 Å². The molecule has 114 valence electrons. The number of nitrogens with zero attached hydrogens (tertiary/aromatic N) is 1. The highest BCUT2D eigenvalue weighted by atomic mass is 32.1. The monoisotopic (exact) mass is 294 g/mol. The zero-order valence-electron chi connectivity index (χ0n) is 13.6. The molecule has 1 aromatic rings. The SMILES string of the molecule is CC(C)C1CN(C(C)Cc2cccs2)C(C(C)C)CN1. The molecule has 1 aromatic heterocycles. The van der Waals surface area contributed by atoms with Crippen LogP contribution in [-0.4, -0.2) is 36.1 Å². The van der Waals surface area contributed by atoms with Crippen LogP contribution in [0.5, 0.6) is 0 Å². The van der Waals surface area contributed by atoms with Crippen molar-refractivity contribution in [2.45, 2.75) is 59.2 Å². The van der Waals surface area contributed by atoms with Crippen LogP contribution in [0.2, 0.25) is 0 Å². The van der Waals surface area contributed by atoms with Gasteiger partial charge in [0.15, 0.2) is 0 Å². The second-order valence-corrected chi connectivity index (χ2v) is 7.93. The minimum absolute atomic E-state index is 0.629. The molecule has 0 bridgehead atoms. The predicted molar refractivity (Wildman–Crippen MR) is 89.4 cm³/mol. The van der Waals surface area contributed by atoms with Crippen molar-refractivity contribution in [2.75, 3.05) is 13.1 Å². The minimum atomic E-state index is 0.629. The third-order valence-corrected chi connectivity index (χ3v) is 5.54. The average Bonchev–Trinajstić information content (AvgIpc) is 2.90. The van der Waals surface area contributed by atoms with Gasteiger partial charge in [0.25, 0.3) is 0 Å². The summed E-state index contributed by atoms with van der Waals surface area (Å²) < 4.78 is 0. The maximum atomic E-state index is 3.75. The molecular weight excluding hydrogens is 264 g/mol. The molecule has 2 heterocycles. The molecule has 0 aliphatic carbocycles. The summed E-state index contributed by atoms with van der Waals surface area (Å²) in [6.07, 6.45) is 1.19. The van der Waals surface area contributed by atoms with Gasteiger partial charge in [-0.1, -0.05) is 33.8 Å². The number of thiophene rings is 1. The van der Waals surface area contributed by atoms with E-state index in [0.717, 1.165) is 6.54 Å². The lowest BCUT2D eigenvalue weighted by Crippen LogP contribution is -2.62. The van der Waals surface area contributed by atoms with E-state index in [-0.39, 0.29) is 0 Å². The Morgan fingerprint density at radius 3 is 2.55 bits per heavy atom. The van der Waals surface area contributed by atoms with Crippen molar-refractivity contribution in [3.63, 3.8) is 0 Å². The standard InChI is InChI=1S/C17H30N2S/c1-12(2)16-11-19(17(10-18-16)13(3)4)14(5)9-15-7-6-8-20-15/h6-8,12-14,16-18H,9-11H2,1-5H3. The Morgan fingerprint density at radius 2 is 2.00 bits per heavy atom. The second kappa shape index (κ2) is 7.06. The Morgan fingerprint density at radius 1 is 1.25 bits per heavy atom. The molecule has 0 saturated carbocycles. The quantitative estimate of drug-likeness (QED) is 0.892. The Balaban J connectivity index is 2.05. The molecule has 1 N–H and O–H groups in total. The molecule has 0 aromatic carbocycles. The molecule has 0 amide bonds. The molecular formula is C17H30N2S. The van der Waals surface area contributed by atoms with Gasteiger partial charge in [0.05, 0.1) is 0 Å². The van der Waals surface area contributed by atoms with Crippen LogP contribution in [-0.2, 0) is 6.42 Å². The summed E-state index contributed by atoms with van der Waals surface area (Å²) in [7, 11) is 0. The molecule has 0 radical (unpaired) electrons. The van der Waals surface area contributed by atoms with Crippen molar-refractivity contribution in [3.05, 3.63) is 22.4 Å². The topological polar surface area (TPSA) is 15.3 Å². The van der Waals surface area contributed by atoms with E-state index in [1.54, 1.807) is 0 Å². The zero-order chi connectivity index (χ0) is 14.7. The average molecular weight is 295 g/mol. The lowest BCUT2D eigenvalue weighted by atomic mass is 9.92. The fourth-order valence-electron chi connectivity index (χ4n) is 3.23. The van der Waals surface area contributed by atoms with Gasteiger partial charge in [0, 0.05) is 36.1 Å². The number of hydrogen-bond acceptors (Lipinski definition) is 3. The van der Waals surface area contributed by atoms with Crippen molar-refractivity contribution in [2.24, 2.45) is 11.8 Å².